The second kappa shape index (κ2) is 4.97. The molecule has 15 heavy (non-hydrogen) atoms. The number of carbonyl (C=O) groups is 2. The molecule has 1 N–H and O–H groups in total. The van der Waals surface area contributed by atoms with Crippen molar-refractivity contribution in [1.82, 2.24) is 14.7 Å². The molecule has 2 amide bonds. The van der Waals surface area contributed by atoms with Crippen LogP contribution in [0, 0.1) is 0 Å². The Balaban J connectivity index is 2.39. The van der Waals surface area contributed by atoms with E-state index in [-0.39, 0.29) is 12.5 Å². The molecular formula is C9H17N3O3. The first kappa shape index (κ1) is 11.8. The van der Waals surface area contributed by atoms with Crippen LogP contribution in [0.2, 0.25) is 0 Å². The smallest absolute Gasteiger partial charge is 0.407 e. The molecule has 1 aliphatic rings. The molecule has 1 rings (SSSR count). The molecule has 1 heterocycles. The van der Waals surface area contributed by atoms with E-state index in [1.807, 2.05) is 19.0 Å². The molecule has 0 aromatic rings. The number of carbonyl (C=O) groups excluding carboxylic acids is 1. The lowest BCUT2D eigenvalue weighted by Crippen LogP contribution is -2.53. The number of likely N-dealkylation sites (N-methyl/N-ethyl adjacent to an activating group) is 1. The molecule has 0 saturated carbocycles. The van der Waals surface area contributed by atoms with Gasteiger partial charge in [0.2, 0.25) is 5.91 Å². The summed E-state index contributed by atoms with van der Waals surface area (Å²) in [6.45, 7) is 2.37. The van der Waals surface area contributed by atoms with Crippen LogP contribution in [0.25, 0.3) is 0 Å². The van der Waals surface area contributed by atoms with Crippen LogP contribution in [0.3, 0.4) is 0 Å². The Hall–Kier alpha value is -1.30. The molecule has 0 spiro atoms. The third kappa shape index (κ3) is 3.39. The van der Waals surface area contributed by atoms with Gasteiger partial charge in [-0.15, -0.1) is 0 Å². The van der Waals surface area contributed by atoms with Gasteiger partial charge in [-0.3, -0.25) is 9.69 Å². The minimum atomic E-state index is -1.02. The van der Waals surface area contributed by atoms with Gasteiger partial charge >= 0.3 is 6.09 Å². The topological polar surface area (TPSA) is 64.1 Å². The van der Waals surface area contributed by atoms with E-state index < -0.39 is 6.09 Å². The maximum Gasteiger partial charge on any atom is 0.407 e. The van der Waals surface area contributed by atoms with E-state index in [9.17, 15) is 9.59 Å². The van der Waals surface area contributed by atoms with Gasteiger partial charge in [0.1, 0.15) is 6.54 Å². The van der Waals surface area contributed by atoms with E-state index in [0.29, 0.717) is 19.6 Å². The molecule has 86 valence electrons. The van der Waals surface area contributed by atoms with Crippen LogP contribution in [0.1, 0.15) is 0 Å². The monoisotopic (exact) mass is 215 g/mol. The Morgan fingerprint density at radius 1 is 1.47 bits per heavy atom. The highest BCUT2D eigenvalue weighted by Crippen LogP contribution is 2.03. The summed E-state index contributed by atoms with van der Waals surface area (Å²) in [5.74, 6) is -0.106. The van der Waals surface area contributed by atoms with Crippen molar-refractivity contribution >= 4 is 12.0 Å². The Bertz CT molecular complexity index is 255. The summed E-state index contributed by atoms with van der Waals surface area (Å²) < 4.78 is 0. The summed E-state index contributed by atoms with van der Waals surface area (Å²) in [4.78, 5) is 27.0. The van der Waals surface area contributed by atoms with Crippen LogP contribution in [0.5, 0.6) is 0 Å². The molecule has 0 aromatic carbocycles. The zero-order valence-corrected chi connectivity index (χ0v) is 9.14. The van der Waals surface area contributed by atoms with Crippen molar-refractivity contribution in [3.8, 4) is 0 Å². The predicted molar refractivity (Wildman–Crippen MR) is 54.7 cm³/mol. The SMILES string of the molecule is CN(C)CCN1CCN(C(=O)O)CC1=O. The third-order valence-electron chi connectivity index (χ3n) is 2.41. The molecular weight excluding hydrogens is 198 g/mol. The van der Waals surface area contributed by atoms with Gasteiger partial charge in [0.15, 0.2) is 0 Å². The zero-order valence-electron chi connectivity index (χ0n) is 9.14. The molecule has 0 unspecified atom stereocenters. The number of hydrogen-bond acceptors (Lipinski definition) is 3. The van der Waals surface area contributed by atoms with Gasteiger partial charge in [-0.05, 0) is 14.1 Å². The van der Waals surface area contributed by atoms with E-state index in [4.69, 9.17) is 5.11 Å². The van der Waals surface area contributed by atoms with E-state index in [1.165, 1.54) is 0 Å². The second-order valence-corrected chi connectivity index (χ2v) is 3.89. The fraction of sp³-hybridized carbons (Fsp3) is 0.778. The summed E-state index contributed by atoms with van der Waals surface area (Å²) in [6.07, 6.45) is -1.02. The summed E-state index contributed by atoms with van der Waals surface area (Å²) in [6, 6.07) is 0. The first-order valence-electron chi connectivity index (χ1n) is 4.91. The van der Waals surface area contributed by atoms with Crippen molar-refractivity contribution in [2.45, 2.75) is 0 Å². The van der Waals surface area contributed by atoms with Crippen LogP contribution >= 0.6 is 0 Å². The second-order valence-electron chi connectivity index (χ2n) is 3.89. The van der Waals surface area contributed by atoms with Gasteiger partial charge in [0, 0.05) is 26.2 Å². The lowest BCUT2D eigenvalue weighted by Gasteiger charge is -2.33. The number of piperazine rings is 1. The normalized spacial score (nSPS) is 17.4. The van der Waals surface area contributed by atoms with Crippen molar-refractivity contribution in [2.75, 3.05) is 46.8 Å². The lowest BCUT2D eigenvalue weighted by molar-refractivity contribution is -0.135. The van der Waals surface area contributed by atoms with Gasteiger partial charge < -0.3 is 14.9 Å². The van der Waals surface area contributed by atoms with Crippen molar-refractivity contribution in [1.29, 1.82) is 0 Å². The third-order valence-corrected chi connectivity index (χ3v) is 2.41. The average molecular weight is 215 g/mol. The van der Waals surface area contributed by atoms with E-state index in [2.05, 4.69) is 0 Å². The highest BCUT2D eigenvalue weighted by molar-refractivity contribution is 5.83. The summed E-state index contributed by atoms with van der Waals surface area (Å²) in [7, 11) is 3.88. The minimum Gasteiger partial charge on any atom is -0.465 e. The number of carboxylic acid groups (broad SMARTS) is 1. The number of amides is 2. The van der Waals surface area contributed by atoms with E-state index >= 15 is 0 Å². The van der Waals surface area contributed by atoms with Crippen molar-refractivity contribution in [3.63, 3.8) is 0 Å². The number of nitrogens with zero attached hydrogens (tertiary/aromatic N) is 3. The Kier molecular flexibility index (Phi) is 3.90. The summed E-state index contributed by atoms with van der Waals surface area (Å²) >= 11 is 0. The molecule has 1 fully saturated rings. The first-order chi connectivity index (χ1) is 7.00. The molecule has 6 heteroatoms. The van der Waals surface area contributed by atoms with Gasteiger partial charge in [0.25, 0.3) is 0 Å². The maximum absolute atomic E-state index is 11.5. The molecule has 1 aliphatic heterocycles. The highest BCUT2D eigenvalue weighted by Gasteiger charge is 2.26. The van der Waals surface area contributed by atoms with Crippen molar-refractivity contribution in [3.05, 3.63) is 0 Å². The van der Waals surface area contributed by atoms with Gasteiger partial charge in [0.05, 0.1) is 0 Å². The van der Waals surface area contributed by atoms with Gasteiger partial charge in [-0.2, -0.15) is 0 Å². The molecule has 0 aliphatic carbocycles. The largest absolute Gasteiger partial charge is 0.465 e. The molecule has 6 nitrogen and oxygen atoms in total. The average Bonchev–Trinajstić information content (AvgIpc) is 2.15. The molecule has 0 bridgehead atoms. The zero-order chi connectivity index (χ0) is 11.4. The van der Waals surface area contributed by atoms with Crippen LogP contribution in [0.15, 0.2) is 0 Å². The van der Waals surface area contributed by atoms with E-state index in [0.717, 1.165) is 11.4 Å². The first-order valence-corrected chi connectivity index (χ1v) is 4.91. The quantitative estimate of drug-likeness (QED) is 0.681. The number of rotatable bonds is 3. The minimum absolute atomic E-state index is 0.0111. The van der Waals surface area contributed by atoms with Gasteiger partial charge in [-0.25, -0.2) is 4.79 Å². The van der Waals surface area contributed by atoms with Crippen LogP contribution in [-0.4, -0.2) is 78.6 Å². The molecule has 0 atom stereocenters. The van der Waals surface area contributed by atoms with Gasteiger partial charge in [-0.1, -0.05) is 0 Å². The summed E-state index contributed by atoms with van der Waals surface area (Å²) in [5.41, 5.74) is 0. The van der Waals surface area contributed by atoms with Crippen molar-refractivity contribution in [2.24, 2.45) is 0 Å². The Labute approximate surface area is 89.0 Å². The lowest BCUT2D eigenvalue weighted by atomic mass is 10.3. The fourth-order valence-electron chi connectivity index (χ4n) is 1.43. The predicted octanol–water partition coefficient (Wildman–Crippen LogP) is -0.630. The highest BCUT2D eigenvalue weighted by atomic mass is 16.4. The van der Waals surface area contributed by atoms with Crippen LogP contribution < -0.4 is 0 Å². The molecule has 1 saturated heterocycles. The Morgan fingerprint density at radius 2 is 2.13 bits per heavy atom. The van der Waals surface area contributed by atoms with Crippen LogP contribution in [0.4, 0.5) is 4.79 Å². The van der Waals surface area contributed by atoms with Crippen LogP contribution in [-0.2, 0) is 4.79 Å². The molecule has 0 radical (unpaired) electrons. The fourth-order valence-corrected chi connectivity index (χ4v) is 1.43. The summed E-state index contributed by atoms with van der Waals surface area (Å²) in [5, 5.41) is 8.71. The van der Waals surface area contributed by atoms with Crippen molar-refractivity contribution < 1.29 is 14.7 Å². The molecule has 0 aromatic heterocycles. The Morgan fingerprint density at radius 3 is 2.60 bits per heavy atom. The standard InChI is InChI=1S/C9H17N3O3/c1-10(2)3-4-11-5-6-12(9(14)15)7-8(11)13/h3-7H2,1-2H3,(H,14,15). The maximum atomic E-state index is 11.5. The van der Waals surface area contributed by atoms with E-state index in [1.54, 1.807) is 4.90 Å². The number of hydrogen-bond donors (Lipinski definition) is 1.